The van der Waals surface area contributed by atoms with Gasteiger partial charge >= 0.3 is 0 Å². The first-order valence-corrected chi connectivity index (χ1v) is 6.44. The van der Waals surface area contributed by atoms with Gasteiger partial charge in [-0.25, -0.2) is 0 Å². The molecule has 1 rings (SSSR count). The van der Waals surface area contributed by atoms with Gasteiger partial charge < -0.3 is 5.32 Å². The molecule has 0 spiro atoms. The summed E-state index contributed by atoms with van der Waals surface area (Å²) in [5.41, 5.74) is 1.08. The number of rotatable bonds is 6. The van der Waals surface area contributed by atoms with E-state index in [1.54, 1.807) is 0 Å². The van der Waals surface area contributed by atoms with Gasteiger partial charge in [0.1, 0.15) is 0 Å². The summed E-state index contributed by atoms with van der Waals surface area (Å²) in [6.45, 7) is 9.81. The second kappa shape index (κ2) is 6.18. The van der Waals surface area contributed by atoms with Crippen LogP contribution in [-0.2, 0) is 0 Å². The van der Waals surface area contributed by atoms with E-state index in [2.05, 4.69) is 35.7 Å². The molecule has 1 N–H and O–H groups in total. The fourth-order valence-electron chi connectivity index (χ4n) is 1.63. The summed E-state index contributed by atoms with van der Waals surface area (Å²) in [5.74, 6) is 0.695. The molecule has 15 heavy (non-hydrogen) atoms. The fourth-order valence-corrected chi connectivity index (χ4v) is 2.36. The van der Waals surface area contributed by atoms with Crippen LogP contribution in [0.3, 0.4) is 0 Å². The molecule has 0 aliphatic rings. The molecule has 0 aliphatic heterocycles. The molecule has 3 nitrogen and oxygen atoms in total. The Balaban J connectivity index is 2.67. The molecule has 0 amide bonds. The fraction of sp³-hybridized carbons (Fsp3) is 0.818. The molecular formula is C11H21N3S. The molecule has 1 aromatic heterocycles. The zero-order valence-electron chi connectivity index (χ0n) is 10.1. The van der Waals surface area contributed by atoms with Crippen LogP contribution in [0.2, 0.25) is 0 Å². The van der Waals surface area contributed by atoms with Crippen molar-refractivity contribution >= 4 is 11.5 Å². The smallest absolute Gasteiger partial charge is 0.0772 e. The summed E-state index contributed by atoms with van der Waals surface area (Å²) in [4.78, 5) is 1.30. The third-order valence-electron chi connectivity index (χ3n) is 2.35. The predicted octanol–water partition coefficient (Wildman–Crippen LogP) is 2.93. The molecule has 1 heterocycles. The third-order valence-corrected chi connectivity index (χ3v) is 3.29. The molecule has 86 valence electrons. The first-order chi connectivity index (χ1) is 7.15. The highest BCUT2D eigenvalue weighted by molar-refractivity contribution is 7.05. The highest BCUT2D eigenvalue weighted by atomic mass is 32.1. The zero-order valence-corrected chi connectivity index (χ0v) is 10.9. The first kappa shape index (κ1) is 12.6. The molecule has 0 saturated carbocycles. The monoisotopic (exact) mass is 227 g/mol. The van der Waals surface area contributed by atoms with E-state index in [-0.39, 0.29) is 0 Å². The van der Waals surface area contributed by atoms with E-state index in [0.29, 0.717) is 12.0 Å². The summed E-state index contributed by atoms with van der Waals surface area (Å²) in [6, 6.07) is 0.435. The Bertz CT molecular complexity index is 283. The molecule has 0 saturated heterocycles. The standard InChI is InChI=1S/C11H21N3S/c1-5-6-12-10(7-8(2)3)11-9(4)13-14-15-11/h8,10,12H,5-7H2,1-4H3. The number of nitrogens with one attached hydrogen (secondary N) is 1. The largest absolute Gasteiger partial charge is 0.309 e. The quantitative estimate of drug-likeness (QED) is 0.812. The van der Waals surface area contributed by atoms with Gasteiger partial charge in [-0.15, -0.1) is 5.10 Å². The normalized spacial score (nSPS) is 13.4. The summed E-state index contributed by atoms with van der Waals surface area (Å²) in [7, 11) is 0. The minimum absolute atomic E-state index is 0.435. The third kappa shape index (κ3) is 3.87. The average molecular weight is 227 g/mol. The van der Waals surface area contributed by atoms with E-state index in [9.17, 15) is 0 Å². The van der Waals surface area contributed by atoms with Crippen molar-refractivity contribution < 1.29 is 0 Å². The highest BCUT2D eigenvalue weighted by Crippen LogP contribution is 2.25. The Morgan fingerprint density at radius 2 is 2.13 bits per heavy atom. The summed E-state index contributed by atoms with van der Waals surface area (Å²) in [6.07, 6.45) is 2.32. The number of nitrogens with zero attached hydrogens (tertiary/aromatic N) is 2. The Labute approximate surface area is 96.5 Å². The average Bonchev–Trinajstić information content (AvgIpc) is 2.58. The van der Waals surface area contributed by atoms with Crippen molar-refractivity contribution in [3.8, 4) is 0 Å². The number of hydrogen-bond acceptors (Lipinski definition) is 4. The van der Waals surface area contributed by atoms with E-state index in [1.165, 1.54) is 22.8 Å². The van der Waals surface area contributed by atoms with Crippen LogP contribution in [0, 0.1) is 12.8 Å². The van der Waals surface area contributed by atoms with Gasteiger partial charge in [0, 0.05) is 6.04 Å². The van der Waals surface area contributed by atoms with Crippen LogP contribution in [0.1, 0.15) is 50.2 Å². The molecule has 4 heteroatoms. The van der Waals surface area contributed by atoms with Gasteiger partial charge in [-0.3, -0.25) is 0 Å². The Morgan fingerprint density at radius 3 is 2.60 bits per heavy atom. The van der Waals surface area contributed by atoms with Crippen LogP contribution in [0.25, 0.3) is 0 Å². The maximum atomic E-state index is 4.08. The van der Waals surface area contributed by atoms with Crippen molar-refractivity contribution in [2.75, 3.05) is 6.54 Å². The van der Waals surface area contributed by atoms with Gasteiger partial charge in [0.2, 0.25) is 0 Å². The van der Waals surface area contributed by atoms with Gasteiger partial charge in [-0.2, -0.15) is 0 Å². The highest BCUT2D eigenvalue weighted by Gasteiger charge is 2.17. The number of aromatic nitrogens is 2. The van der Waals surface area contributed by atoms with Crippen LogP contribution in [0.5, 0.6) is 0 Å². The lowest BCUT2D eigenvalue weighted by Crippen LogP contribution is -2.23. The summed E-state index contributed by atoms with van der Waals surface area (Å²) < 4.78 is 4.01. The zero-order chi connectivity index (χ0) is 11.3. The van der Waals surface area contributed by atoms with E-state index in [1.807, 2.05) is 6.92 Å². The van der Waals surface area contributed by atoms with Crippen molar-refractivity contribution in [3.63, 3.8) is 0 Å². The minimum atomic E-state index is 0.435. The Kier molecular flexibility index (Phi) is 5.19. The molecule has 0 aromatic carbocycles. The molecule has 1 unspecified atom stereocenters. The summed E-state index contributed by atoms with van der Waals surface area (Å²) >= 11 is 1.53. The van der Waals surface area contributed by atoms with Gasteiger partial charge in [0.15, 0.2) is 0 Å². The van der Waals surface area contributed by atoms with E-state index >= 15 is 0 Å². The Morgan fingerprint density at radius 1 is 1.40 bits per heavy atom. The lowest BCUT2D eigenvalue weighted by atomic mass is 10.0. The van der Waals surface area contributed by atoms with Crippen molar-refractivity contribution in [2.45, 2.75) is 46.6 Å². The van der Waals surface area contributed by atoms with Crippen LogP contribution >= 0.6 is 11.5 Å². The van der Waals surface area contributed by atoms with E-state index in [4.69, 9.17) is 0 Å². The second-order valence-electron chi connectivity index (χ2n) is 4.36. The minimum Gasteiger partial charge on any atom is -0.309 e. The maximum Gasteiger partial charge on any atom is 0.0772 e. The van der Waals surface area contributed by atoms with Gasteiger partial charge in [-0.05, 0) is 43.8 Å². The topological polar surface area (TPSA) is 37.8 Å². The second-order valence-corrected chi connectivity index (χ2v) is 5.14. The Hall–Kier alpha value is -0.480. The molecule has 0 fully saturated rings. The van der Waals surface area contributed by atoms with Crippen LogP contribution in [0.15, 0.2) is 0 Å². The van der Waals surface area contributed by atoms with E-state index in [0.717, 1.165) is 18.7 Å². The van der Waals surface area contributed by atoms with Crippen LogP contribution in [-0.4, -0.2) is 16.1 Å². The number of hydrogen-bond donors (Lipinski definition) is 1. The lowest BCUT2D eigenvalue weighted by Gasteiger charge is -2.19. The SMILES string of the molecule is CCCNC(CC(C)C)c1snnc1C. The maximum absolute atomic E-state index is 4.08. The van der Waals surface area contributed by atoms with Gasteiger partial charge in [0.25, 0.3) is 0 Å². The summed E-state index contributed by atoms with van der Waals surface area (Å²) in [5, 5.41) is 7.66. The van der Waals surface area contributed by atoms with Crippen LogP contribution < -0.4 is 5.32 Å². The number of aryl methyl sites for hydroxylation is 1. The van der Waals surface area contributed by atoms with Crippen molar-refractivity contribution in [3.05, 3.63) is 10.6 Å². The van der Waals surface area contributed by atoms with E-state index < -0.39 is 0 Å². The van der Waals surface area contributed by atoms with Gasteiger partial charge in [0.05, 0.1) is 10.6 Å². The lowest BCUT2D eigenvalue weighted by molar-refractivity contribution is 0.433. The van der Waals surface area contributed by atoms with Crippen molar-refractivity contribution in [2.24, 2.45) is 5.92 Å². The molecule has 0 radical (unpaired) electrons. The van der Waals surface area contributed by atoms with Gasteiger partial charge in [-0.1, -0.05) is 25.3 Å². The van der Waals surface area contributed by atoms with Crippen molar-refractivity contribution in [1.29, 1.82) is 0 Å². The molecule has 1 atom stereocenters. The van der Waals surface area contributed by atoms with Crippen molar-refractivity contribution in [1.82, 2.24) is 14.9 Å². The molecule has 1 aromatic rings. The first-order valence-electron chi connectivity index (χ1n) is 5.67. The van der Waals surface area contributed by atoms with Crippen LogP contribution in [0.4, 0.5) is 0 Å². The molecular weight excluding hydrogens is 206 g/mol. The molecule has 0 aliphatic carbocycles. The predicted molar refractivity (Wildman–Crippen MR) is 65.1 cm³/mol. The molecule has 0 bridgehead atoms.